The number of rotatable bonds is 5. The fourth-order valence-corrected chi connectivity index (χ4v) is 7.42. The molecule has 7 rings (SSSR count). The van der Waals surface area contributed by atoms with Crippen molar-refractivity contribution >= 4 is 28.5 Å². The van der Waals surface area contributed by atoms with E-state index in [1.807, 2.05) is 0 Å². The molecule has 2 N–H and O–H groups in total. The van der Waals surface area contributed by atoms with Gasteiger partial charge in [-0.1, -0.05) is 18.9 Å². The highest BCUT2D eigenvalue weighted by molar-refractivity contribution is 6.05. The zero-order valence-electron chi connectivity index (χ0n) is 27.8. The number of pyridine rings is 2. The van der Waals surface area contributed by atoms with Crippen LogP contribution in [0, 0.1) is 19.3 Å². The molecule has 12 nitrogen and oxygen atoms in total. The number of alkyl halides is 3. The topological polar surface area (TPSA) is 159 Å². The minimum atomic E-state index is -4.66. The predicted molar refractivity (Wildman–Crippen MR) is 174 cm³/mol. The molecule has 6 heterocycles. The molecule has 2 amide bonds. The maximum absolute atomic E-state index is 14.3. The second-order valence-corrected chi connectivity index (χ2v) is 13.7. The molecule has 1 saturated carbocycles. The summed E-state index contributed by atoms with van der Waals surface area (Å²) >= 11 is 0. The molecule has 50 heavy (non-hydrogen) atoms. The van der Waals surface area contributed by atoms with Gasteiger partial charge in [-0.25, -0.2) is 15.0 Å². The molecule has 0 unspecified atom stereocenters. The Morgan fingerprint density at radius 3 is 2.56 bits per heavy atom. The van der Waals surface area contributed by atoms with Crippen LogP contribution in [0.2, 0.25) is 0 Å². The number of carbonyl (C=O) groups is 3. The first-order valence-electron chi connectivity index (χ1n) is 16.8. The van der Waals surface area contributed by atoms with Crippen molar-refractivity contribution in [2.75, 3.05) is 13.2 Å². The first-order valence-corrected chi connectivity index (χ1v) is 16.8. The first kappa shape index (κ1) is 33.7. The molecule has 0 spiro atoms. The van der Waals surface area contributed by atoms with Gasteiger partial charge in [-0.05, 0) is 63.6 Å². The summed E-state index contributed by atoms with van der Waals surface area (Å²) in [6.07, 6.45) is 3.25. The summed E-state index contributed by atoms with van der Waals surface area (Å²) in [5, 5.41) is 4.97. The summed E-state index contributed by atoms with van der Waals surface area (Å²) in [5.41, 5.74) is 7.09. The fraction of sp³-hybridized carbons (Fsp3) is 0.486. The second-order valence-electron chi connectivity index (χ2n) is 13.7. The minimum absolute atomic E-state index is 0.0158. The Kier molecular flexibility index (Phi) is 8.65. The van der Waals surface area contributed by atoms with Crippen molar-refractivity contribution in [2.45, 2.75) is 90.0 Å². The highest BCUT2D eigenvalue weighted by Crippen LogP contribution is 2.60. The van der Waals surface area contributed by atoms with Crippen molar-refractivity contribution in [1.29, 1.82) is 0 Å². The van der Waals surface area contributed by atoms with E-state index in [2.05, 4.69) is 20.1 Å². The summed E-state index contributed by atoms with van der Waals surface area (Å²) in [4.78, 5) is 59.8. The Morgan fingerprint density at radius 1 is 1.06 bits per heavy atom. The maximum Gasteiger partial charge on any atom is 0.433 e. The van der Waals surface area contributed by atoms with Gasteiger partial charge in [-0.3, -0.25) is 24.0 Å². The molecular formula is C35H37F3N8O4. The number of nitrogens with zero attached hydrogens (tertiary/aromatic N) is 7. The van der Waals surface area contributed by atoms with E-state index in [0.717, 1.165) is 31.7 Å². The van der Waals surface area contributed by atoms with Crippen molar-refractivity contribution in [3.63, 3.8) is 0 Å². The Balaban J connectivity index is 1.27. The Labute approximate surface area is 285 Å². The van der Waals surface area contributed by atoms with Gasteiger partial charge in [0.2, 0.25) is 5.91 Å². The third kappa shape index (κ3) is 6.34. The zero-order valence-corrected chi connectivity index (χ0v) is 27.8. The van der Waals surface area contributed by atoms with E-state index in [9.17, 15) is 27.6 Å². The highest BCUT2D eigenvalue weighted by Gasteiger charge is 2.67. The summed E-state index contributed by atoms with van der Waals surface area (Å²) in [6, 6.07) is 2.73. The molecule has 3 aliphatic rings. The van der Waals surface area contributed by atoms with E-state index in [1.165, 1.54) is 10.7 Å². The largest absolute Gasteiger partial charge is 0.433 e. The van der Waals surface area contributed by atoms with Gasteiger partial charge in [0.05, 0.1) is 41.7 Å². The molecule has 4 aromatic heterocycles. The van der Waals surface area contributed by atoms with E-state index in [4.69, 9.17) is 15.5 Å². The van der Waals surface area contributed by atoms with Crippen LogP contribution in [0.25, 0.3) is 22.2 Å². The third-order valence-corrected chi connectivity index (χ3v) is 10.1. The molecule has 1 aliphatic carbocycles. The lowest BCUT2D eigenvalue weighted by molar-refractivity contribution is -0.141. The Bertz CT molecular complexity index is 2000. The lowest BCUT2D eigenvalue weighted by Crippen LogP contribution is -2.45. The first-order chi connectivity index (χ1) is 23.8. The maximum atomic E-state index is 14.3. The van der Waals surface area contributed by atoms with Crippen LogP contribution in [-0.4, -0.2) is 77.5 Å². The monoisotopic (exact) mass is 690 g/mol. The number of halogens is 3. The van der Waals surface area contributed by atoms with Crippen LogP contribution < -0.4 is 5.73 Å². The van der Waals surface area contributed by atoms with Crippen LogP contribution in [0.3, 0.4) is 0 Å². The van der Waals surface area contributed by atoms with E-state index in [0.29, 0.717) is 71.7 Å². The normalized spacial score (nSPS) is 22.8. The number of carbonyl (C=O) groups excluding carboxylic acids is 3. The molecule has 0 radical (unpaired) electrons. The molecule has 0 aromatic carbocycles. The number of piperidine rings is 1. The van der Waals surface area contributed by atoms with Crippen LogP contribution in [0.15, 0.2) is 30.6 Å². The average Bonchev–Trinajstić information content (AvgIpc) is 3.47. The molecule has 2 aliphatic heterocycles. The molecule has 2 fully saturated rings. The van der Waals surface area contributed by atoms with Gasteiger partial charge < -0.3 is 15.4 Å². The molecular weight excluding hydrogens is 653 g/mol. The molecule has 15 heteroatoms. The van der Waals surface area contributed by atoms with Crippen molar-refractivity contribution in [2.24, 2.45) is 11.1 Å². The van der Waals surface area contributed by atoms with Crippen LogP contribution in [-0.2, 0) is 39.9 Å². The van der Waals surface area contributed by atoms with E-state index >= 15 is 0 Å². The van der Waals surface area contributed by atoms with Crippen LogP contribution in [0.1, 0.15) is 77.5 Å². The molecule has 3 atom stereocenters. The summed E-state index contributed by atoms with van der Waals surface area (Å²) in [7, 11) is 0. The Hall–Kier alpha value is -4.79. The summed E-state index contributed by atoms with van der Waals surface area (Å²) in [6.45, 7) is 3.99. The standard InChI is InChI=1S/C35H37F3N8O4/c1-19-8-9-28(35(36,37)38)43-24(19)12-27(47)26-13-34-14-29(34)46(26)30(48)17-45-32-22(31(44-45)33(39)49)11-25(21-15-40-20(2)41-16-21)42-23(32)7-5-3-4-6-10-50-18-34/h8-9,11,15-16,26,29H,3-7,10,12-14,17-18H2,1-2H3,(H2,39,49)/t26-,29+,34-/m0/s1. The molecule has 2 bridgehead atoms. The number of amides is 2. The fourth-order valence-electron chi connectivity index (χ4n) is 7.42. The van der Waals surface area contributed by atoms with Crippen LogP contribution in [0.4, 0.5) is 13.2 Å². The number of ketones is 1. The van der Waals surface area contributed by atoms with Crippen LogP contribution >= 0.6 is 0 Å². The number of aromatic nitrogens is 6. The number of ether oxygens (including phenoxy) is 1. The van der Waals surface area contributed by atoms with E-state index < -0.39 is 40.9 Å². The number of hydrogen-bond acceptors (Lipinski definition) is 9. The van der Waals surface area contributed by atoms with Gasteiger partial charge in [0, 0.05) is 41.4 Å². The number of aryl methyl sites for hydroxylation is 3. The van der Waals surface area contributed by atoms with Crippen molar-refractivity contribution < 1.29 is 32.3 Å². The van der Waals surface area contributed by atoms with Crippen molar-refractivity contribution in [3.8, 4) is 11.3 Å². The lowest BCUT2D eigenvalue weighted by Gasteiger charge is -2.27. The molecule has 262 valence electrons. The SMILES string of the molecule is Cc1ncc(-c2cc3c(C(N)=O)nn4c3c(n2)CCCCCCOC[C@@]23C[C@@H](C(=O)Cc5nc(C(F)(F)F)ccc5C)N(C(=O)C4)[C@@H]2C3)cn1. The highest BCUT2D eigenvalue weighted by atomic mass is 19.4. The quantitative estimate of drug-likeness (QED) is 0.322. The summed E-state index contributed by atoms with van der Waals surface area (Å²) < 4.78 is 48.0. The predicted octanol–water partition coefficient (Wildman–Crippen LogP) is 4.32. The zero-order chi connectivity index (χ0) is 35.4. The number of primary amides is 1. The van der Waals surface area contributed by atoms with Crippen LogP contribution in [0.5, 0.6) is 0 Å². The van der Waals surface area contributed by atoms with Gasteiger partial charge >= 0.3 is 6.18 Å². The second kappa shape index (κ2) is 12.8. The number of Topliss-reactive ketones (excluding diaryl/α,β-unsaturated/α-hetero) is 1. The third-order valence-electron chi connectivity index (χ3n) is 10.1. The lowest BCUT2D eigenvalue weighted by atomic mass is 9.95. The smallest absolute Gasteiger partial charge is 0.381 e. The van der Waals surface area contributed by atoms with Gasteiger partial charge in [0.15, 0.2) is 11.5 Å². The minimum Gasteiger partial charge on any atom is -0.381 e. The van der Waals surface area contributed by atoms with Crippen molar-refractivity contribution in [3.05, 3.63) is 64.8 Å². The molecule has 1 saturated heterocycles. The van der Waals surface area contributed by atoms with E-state index in [-0.39, 0.29) is 30.4 Å². The van der Waals surface area contributed by atoms with Crippen molar-refractivity contribution in [1.82, 2.24) is 34.6 Å². The molecule has 4 aromatic rings. The number of nitrogens with two attached hydrogens (primary N) is 1. The Morgan fingerprint density at radius 2 is 1.82 bits per heavy atom. The average molecular weight is 691 g/mol. The van der Waals surface area contributed by atoms with Gasteiger partial charge in [0.1, 0.15) is 18.1 Å². The van der Waals surface area contributed by atoms with Gasteiger partial charge in [-0.15, -0.1) is 0 Å². The van der Waals surface area contributed by atoms with Gasteiger partial charge in [0.25, 0.3) is 5.91 Å². The van der Waals surface area contributed by atoms with Gasteiger partial charge in [-0.2, -0.15) is 18.3 Å². The van der Waals surface area contributed by atoms with E-state index in [1.54, 1.807) is 37.2 Å². The summed E-state index contributed by atoms with van der Waals surface area (Å²) in [5.74, 6) is -0.980. The number of hydrogen-bond donors (Lipinski definition) is 1.